The molecule has 30 heavy (non-hydrogen) atoms. The SMILES string of the molecule is CN=C(NCCc1cccc(OC)c1)N1CCN(S(=O)(=O)Cc2ccon2)CC1.I. The fraction of sp³-hybridized carbons (Fsp3) is 0.474. The molecule has 11 heteroatoms. The van der Waals surface area contributed by atoms with Crippen LogP contribution < -0.4 is 10.1 Å². The number of aliphatic imine (C=N–C) groups is 1. The zero-order chi connectivity index (χ0) is 20.7. The number of rotatable bonds is 7. The predicted octanol–water partition coefficient (Wildman–Crippen LogP) is 1.57. The van der Waals surface area contributed by atoms with Gasteiger partial charge in [0.1, 0.15) is 17.8 Å². The van der Waals surface area contributed by atoms with Crippen molar-refractivity contribution in [2.45, 2.75) is 12.2 Å². The zero-order valence-corrected chi connectivity index (χ0v) is 20.3. The molecule has 0 radical (unpaired) electrons. The van der Waals surface area contributed by atoms with Crippen LogP contribution in [-0.2, 0) is 22.2 Å². The van der Waals surface area contributed by atoms with E-state index >= 15 is 0 Å². The lowest BCUT2D eigenvalue weighted by Gasteiger charge is -2.35. The van der Waals surface area contributed by atoms with Crippen LogP contribution in [0.4, 0.5) is 0 Å². The number of guanidine groups is 1. The Hall–Kier alpha value is -1.86. The number of piperazine rings is 1. The molecule has 166 valence electrons. The van der Waals surface area contributed by atoms with Crippen molar-refractivity contribution >= 4 is 40.0 Å². The first-order valence-electron chi connectivity index (χ1n) is 9.47. The Bertz CT molecular complexity index is 913. The molecular formula is C19H28IN5O4S. The van der Waals surface area contributed by atoms with Gasteiger partial charge in [0, 0.05) is 45.8 Å². The van der Waals surface area contributed by atoms with Crippen molar-refractivity contribution in [1.29, 1.82) is 0 Å². The molecule has 0 aliphatic carbocycles. The van der Waals surface area contributed by atoms with Crippen LogP contribution in [0.25, 0.3) is 0 Å². The summed E-state index contributed by atoms with van der Waals surface area (Å²) in [6, 6.07) is 9.55. The molecule has 1 N–H and O–H groups in total. The number of hydrogen-bond donors (Lipinski definition) is 1. The van der Waals surface area contributed by atoms with Crippen LogP contribution in [0, 0.1) is 0 Å². The molecule has 0 atom stereocenters. The van der Waals surface area contributed by atoms with E-state index in [2.05, 4.69) is 26.4 Å². The molecule has 0 unspecified atom stereocenters. The summed E-state index contributed by atoms with van der Waals surface area (Å²) in [5.41, 5.74) is 1.60. The molecule has 0 spiro atoms. The molecule has 2 heterocycles. The van der Waals surface area contributed by atoms with Crippen LogP contribution in [0.3, 0.4) is 0 Å². The largest absolute Gasteiger partial charge is 0.497 e. The number of methoxy groups -OCH3 is 1. The van der Waals surface area contributed by atoms with E-state index in [1.807, 2.05) is 18.2 Å². The number of halogens is 1. The Morgan fingerprint density at radius 3 is 2.67 bits per heavy atom. The number of ether oxygens (including phenoxy) is 1. The number of hydrogen-bond acceptors (Lipinski definition) is 6. The highest BCUT2D eigenvalue weighted by atomic mass is 127. The standard InChI is InChI=1S/C19H27N5O4S.HI/c1-20-19(21-8-6-16-4-3-5-18(14-16)27-2)23-9-11-24(12-10-23)29(25,26)15-17-7-13-28-22-17;/h3-5,7,13-14H,6,8-12,15H2,1-2H3,(H,20,21);1H. The lowest BCUT2D eigenvalue weighted by atomic mass is 10.1. The minimum atomic E-state index is -3.41. The number of aromatic nitrogens is 1. The third-order valence-corrected chi connectivity index (χ3v) is 6.61. The normalized spacial score (nSPS) is 15.5. The van der Waals surface area contributed by atoms with E-state index in [1.54, 1.807) is 20.2 Å². The van der Waals surface area contributed by atoms with Crippen molar-refractivity contribution in [3.8, 4) is 5.75 Å². The van der Waals surface area contributed by atoms with Crippen LogP contribution in [0.5, 0.6) is 5.75 Å². The molecule has 0 saturated carbocycles. The average Bonchev–Trinajstić information content (AvgIpc) is 3.24. The first kappa shape index (κ1) is 24.4. The molecule has 2 aromatic rings. The predicted molar refractivity (Wildman–Crippen MR) is 126 cm³/mol. The van der Waals surface area contributed by atoms with Crippen molar-refractivity contribution in [3.63, 3.8) is 0 Å². The number of nitrogens with zero attached hydrogens (tertiary/aromatic N) is 4. The van der Waals surface area contributed by atoms with Gasteiger partial charge in [-0.1, -0.05) is 17.3 Å². The second-order valence-corrected chi connectivity index (χ2v) is 8.68. The molecule has 1 aliphatic heterocycles. The lowest BCUT2D eigenvalue weighted by Crippen LogP contribution is -2.54. The van der Waals surface area contributed by atoms with Crippen LogP contribution >= 0.6 is 24.0 Å². The minimum Gasteiger partial charge on any atom is -0.497 e. The van der Waals surface area contributed by atoms with E-state index in [-0.39, 0.29) is 29.7 Å². The van der Waals surface area contributed by atoms with Gasteiger partial charge in [-0.3, -0.25) is 4.99 Å². The number of benzene rings is 1. The quantitative estimate of drug-likeness (QED) is 0.318. The summed E-state index contributed by atoms with van der Waals surface area (Å²) >= 11 is 0. The van der Waals surface area contributed by atoms with E-state index < -0.39 is 10.0 Å². The van der Waals surface area contributed by atoms with Crippen molar-refractivity contribution in [3.05, 3.63) is 47.9 Å². The molecule has 1 fully saturated rings. The molecule has 1 saturated heterocycles. The van der Waals surface area contributed by atoms with Gasteiger partial charge in [-0.15, -0.1) is 24.0 Å². The third-order valence-electron chi connectivity index (χ3n) is 4.80. The summed E-state index contributed by atoms with van der Waals surface area (Å²) in [5.74, 6) is 1.48. The van der Waals surface area contributed by atoms with Gasteiger partial charge in [-0.2, -0.15) is 4.31 Å². The van der Waals surface area contributed by atoms with Gasteiger partial charge >= 0.3 is 0 Å². The Labute approximate surface area is 194 Å². The Morgan fingerprint density at radius 1 is 1.27 bits per heavy atom. The zero-order valence-electron chi connectivity index (χ0n) is 17.2. The Balaban J connectivity index is 0.00000320. The Morgan fingerprint density at radius 2 is 2.03 bits per heavy atom. The highest BCUT2D eigenvalue weighted by Gasteiger charge is 2.28. The molecule has 1 aromatic heterocycles. The average molecular weight is 549 g/mol. The van der Waals surface area contributed by atoms with Crippen LogP contribution in [0.15, 0.2) is 46.1 Å². The van der Waals surface area contributed by atoms with Gasteiger partial charge in [0.2, 0.25) is 10.0 Å². The molecule has 1 aromatic carbocycles. The summed E-state index contributed by atoms with van der Waals surface area (Å²) in [7, 11) is -0.0146. The van der Waals surface area contributed by atoms with Crippen molar-refractivity contribution in [1.82, 2.24) is 19.7 Å². The van der Waals surface area contributed by atoms with Gasteiger partial charge in [-0.25, -0.2) is 8.42 Å². The van der Waals surface area contributed by atoms with Gasteiger partial charge in [0.15, 0.2) is 5.96 Å². The van der Waals surface area contributed by atoms with Crippen molar-refractivity contribution in [2.24, 2.45) is 4.99 Å². The fourth-order valence-corrected chi connectivity index (χ4v) is 4.67. The monoisotopic (exact) mass is 549 g/mol. The maximum atomic E-state index is 12.5. The van der Waals surface area contributed by atoms with E-state index in [0.29, 0.717) is 31.9 Å². The van der Waals surface area contributed by atoms with Crippen LogP contribution in [0.1, 0.15) is 11.3 Å². The summed E-state index contributed by atoms with van der Waals surface area (Å²) in [4.78, 5) is 6.42. The van der Waals surface area contributed by atoms with Gasteiger partial charge in [0.05, 0.1) is 12.8 Å². The second-order valence-electron chi connectivity index (χ2n) is 6.71. The first-order chi connectivity index (χ1) is 14.0. The highest BCUT2D eigenvalue weighted by Crippen LogP contribution is 2.14. The minimum absolute atomic E-state index is 0. The molecule has 1 aliphatic rings. The second kappa shape index (κ2) is 11.5. The maximum absolute atomic E-state index is 12.5. The van der Waals surface area contributed by atoms with E-state index in [1.165, 1.54) is 16.1 Å². The smallest absolute Gasteiger partial charge is 0.220 e. The summed E-state index contributed by atoms with van der Waals surface area (Å²) in [6.07, 6.45) is 2.21. The van der Waals surface area contributed by atoms with Gasteiger partial charge < -0.3 is 19.5 Å². The van der Waals surface area contributed by atoms with Crippen molar-refractivity contribution in [2.75, 3.05) is 46.9 Å². The third kappa shape index (κ3) is 6.57. The van der Waals surface area contributed by atoms with E-state index in [9.17, 15) is 8.42 Å². The van der Waals surface area contributed by atoms with E-state index in [4.69, 9.17) is 9.26 Å². The van der Waals surface area contributed by atoms with Gasteiger partial charge in [0.25, 0.3) is 0 Å². The van der Waals surface area contributed by atoms with Crippen LogP contribution in [-0.4, -0.2) is 75.6 Å². The molecule has 0 amide bonds. The highest BCUT2D eigenvalue weighted by molar-refractivity contribution is 14.0. The molecule has 3 rings (SSSR count). The van der Waals surface area contributed by atoms with Gasteiger partial charge in [-0.05, 0) is 24.1 Å². The summed E-state index contributed by atoms with van der Waals surface area (Å²) in [5, 5.41) is 7.05. The molecular weight excluding hydrogens is 521 g/mol. The van der Waals surface area contributed by atoms with E-state index in [0.717, 1.165) is 24.7 Å². The Kier molecular flexibility index (Phi) is 9.37. The summed E-state index contributed by atoms with van der Waals surface area (Å²) < 4.78 is 36.6. The summed E-state index contributed by atoms with van der Waals surface area (Å²) in [6.45, 7) is 2.71. The topological polar surface area (TPSA) is 100 Å². The first-order valence-corrected chi connectivity index (χ1v) is 11.1. The van der Waals surface area contributed by atoms with Crippen LogP contribution in [0.2, 0.25) is 0 Å². The molecule has 9 nitrogen and oxygen atoms in total. The van der Waals surface area contributed by atoms with Crippen molar-refractivity contribution < 1.29 is 17.7 Å². The number of nitrogens with one attached hydrogen (secondary N) is 1. The lowest BCUT2D eigenvalue weighted by molar-refractivity contribution is 0.260. The maximum Gasteiger partial charge on any atom is 0.220 e. The number of sulfonamides is 1. The fourth-order valence-electron chi connectivity index (χ4n) is 3.25. The molecule has 0 bridgehead atoms.